The minimum atomic E-state index is -0.00714. The number of likely N-dealkylation sites (N-methyl/N-ethyl adjacent to an activating group) is 1. The number of nitrogens with one attached hydrogen (secondary N) is 2. The lowest BCUT2D eigenvalue weighted by atomic mass is 9.96. The molecule has 21 heavy (non-hydrogen) atoms. The molecule has 0 bridgehead atoms. The summed E-state index contributed by atoms with van der Waals surface area (Å²) in [7, 11) is 2.10. The molecule has 1 unspecified atom stereocenters. The lowest BCUT2D eigenvalue weighted by molar-refractivity contribution is -0.121. The largest absolute Gasteiger partial charge is 0.324 e. The zero-order chi connectivity index (χ0) is 14.7. The van der Waals surface area contributed by atoms with Crippen LogP contribution in [-0.4, -0.2) is 43.5 Å². The minimum Gasteiger partial charge on any atom is -0.324 e. The molecule has 0 aromatic heterocycles. The van der Waals surface area contributed by atoms with Crippen molar-refractivity contribution >= 4 is 11.6 Å². The third kappa shape index (κ3) is 3.44. The lowest BCUT2D eigenvalue weighted by Gasteiger charge is -2.31. The van der Waals surface area contributed by atoms with Crippen LogP contribution in [0.3, 0.4) is 0 Å². The van der Waals surface area contributed by atoms with Gasteiger partial charge in [0.05, 0.1) is 6.04 Å². The molecule has 0 radical (unpaired) electrons. The number of hydrogen-bond acceptors (Lipinski definition) is 3. The number of anilines is 1. The van der Waals surface area contributed by atoms with Crippen molar-refractivity contribution in [2.45, 2.75) is 31.7 Å². The summed E-state index contributed by atoms with van der Waals surface area (Å²) in [6.07, 6.45) is 4.32. The number of hydrogen-bond donors (Lipinski definition) is 2. The van der Waals surface area contributed by atoms with E-state index in [4.69, 9.17) is 0 Å². The molecule has 4 nitrogen and oxygen atoms in total. The van der Waals surface area contributed by atoms with Gasteiger partial charge in [-0.1, -0.05) is 18.2 Å². The van der Waals surface area contributed by atoms with Crippen molar-refractivity contribution in [1.82, 2.24) is 10.2 Å². The van der Waals surface area contributed by atoms with E-state index in [-0.39, 0.29) is 11.9 Å². The Kier molecular flexibility index (Phi) is 4.56. The van der Waals surface area contributed by atoms with Crippen LogP contribution in [0, 0.1) is 5.92 Å². The Hall–Kier alpha value is -1.39. The first-order valence-electron chi connectivity index (χ1n) is 8.04. The Labute approximate surface area is 126 Å². The van der Waals surface area contributed by atoms with Gasteiger partial charge in [0.1, 0.15) is 0 Å². The monoisotopic (exact) mass is 287 g/mol. The molecule has 3 rings (SSSR count). The molecular formula is C17H25N3O. The van der Waals surface area contributed by atoms with Crippen LogP contribution in [0.15, 0.2) is 24.3 Å². The van der Waals surface area contributed by atoms with Crippen LogP contribution in [0.25, 0.3) is 0 Å². The Morgan fingerprint density at radius 1 is 1.19 bits per heavy atom. The molecule has 2 aliphatic heterocycles. The molecule has 1 atom stereocenters. The van der Waals surface area contributed by atoms with Crippen LogP contribution in [0.4, 0.5) is 5.69 Å². The number of fused-ring (bicyclic) bond motifs is 1. The molecule has 1 fully saturated rings. The minimum absolute atomic E-state index is 0.00714. The zero-order valence-electron chi connectivity index (χ0n) is 12.8. The predicted molar refractivity (Wildman–Crippen MR) is 85.4 cm³/mol. The van der Waals surface area contributed by atoms with Crippen molar-refractivity contribution in [1.29, 1.82) is 0 Å². The fourth-order valence-corrected chi connectivity index (χ4v) is 3.52. The van der Waals surface area contributed by atoms with Gasteiger partial charge in [0.2, 0.25) is 5.91 Å². The third-order valence-electron chi connectivity index (χ3n) is 4.80. The fourth-order valence-electron chi connectivity index (χ4n) is 3.52. The molecule has 1 amide bonds. The highest BCUT2D eigenvalue weighted by molar-refractivity contribution is 5.96. The normalized spacial score (nSPS) is 23.5. The number of amides is 1. The number of aryl methyl sites for hydroxylation is 1. The van der Waals surface area contributed by atoms with Crippen LogP contribution in [0.5, 0.6) is 0 Å². The molecule has 0 aliphatic carbocycles. The summed E-state index contributed by atoms with van der Waals surface area (Å²) in [6, 6.07) is 8.14. The van der Waals surface area contributed by atoms with E-state index in [9.17, 15) is 4.79 Å². The van der Waals surface area contributed by atoms with Crippen LogP contribution in [-0.2, 0) is 11.2 Å². The van der Waals surface area contributed by atoms with Gasteiger partial charge in [0.15, 0.2) is 0 Å². The number of piperidine rings is 1. The average molecular weight is 287 g/mol. The maximum atomic E-state index is 12.5. The standard InChI is InChI=1S/C17H25N3O/c1-20(12-13-8-10-18-11-9-13)16-7-6-14-4-2-3-5-15(14)19-17(16)21/h2-5,13,16,18H,6-12H2,1H3,(H,19,21). The van der Waals surface area contributed by atoms with E-state index in [2.05, 4.69) is 28.6 Å². The summed E-state index contributed by atoms with van der Waals surface area (Å²) in [4.78, 5) is 14.8. The van der Waals surface area contributed by atoms with Crippen molar-refractivity contribution in [3.63, 3.8) is 0 Å². The first-order valence-corrected chi connectivity index (χ1v) is 8.04. The van der Waals surface area contributed by atoms with Gasteiger partial charge in [-0.05, 0) is 63.4 Å². The van der Waals surface area contributed by atoms with E-state index in [0.717, 1.165) is 44.1 Å². The van der Waals surface area contributed by atoms with Gasteiger partial charge in [-0.2, -0.15) is 0 Å². The SMILES string of the molecule is CN(CC1CCNCC1)C1CCc2ccccc2NC1=O. The molecule has 1 aromatic rings. The van der Waals surface area contributed by atoms with Crippen molar-refractivity contribution in [2.75, 3.05) is 32.0 Å². The second-order valence-corrected chi connectivity index (χ2v) is 6.33. The number of para-hydroxylation sites is 1. The summed E-state index contributed by atoms with van der Waals surface area (Å²) >= 11 is 0. The van der Waals surface area contributed by atoms with Crippen LogP contribution >= 0.6 is 0 Å². The first kappa shape index (κ1) is 14.5. The molecule has 4 heteroatoms. The second-order valence-electron chi connectivity index (χ2n) is 6.33. The zero-order valence-corrected chi connectivity index (χ0v) is 12.8. The van der Waals surface area contributed by atoms with Crippen molar-refractivity contribution in [3.8, 4) is 0 Å². The Morgan fingerprint density at radius 2 is 1.95 bits per heavy atom. The van der Waals surface area contributed by atoms with Gasteiger partial charge in [0, 0.05) is 12.2 Å². The van der Waals surface area contributed by atoms with Gasteiger partial charge in [0.25, 0.3) is 0 Å². The van der Waals surface area contributed by atoms with E-state index in [1.807, 2.05) is 18.2 Å². The number of benzene rings is 1. The van der Waals surface area contributed by atoms with Crippen LogP contribution in [0.1, 0.15) is 24.8 Å². The maximum absolute atomic E-state index is 12.5. The van der Waals surface area contributed by atoms with E-state index in [0.29, 0.717) is 0 Å². The molecule has 0 spiro atoms. The summed E-state index contributed by atoms with van der Waals surface area (Å²) in [5.41, 5.74) is 2.24. The molecule has 0 saturated carbocycles. The number of carbonyl (C=O) groups is 1. The van der Waals surface area contributed by atoms with Crippen molar-refractivity contribution < 1.29 is 4.79 Å². The lowest BCUT2D eigenvalue weighted by Crippen LogP contribution is -2.44. The number of carbonyl (C=O) groups excluding carboxylic acids is 1. The topological polar surface area (TPSA) is 44.4 Å². The highest BCUT2D eigenvalue weighted by Crippen LogP contribution is 2.24. The maximum Gasteiger partial charge on any atom is 0.241 e. The molecule has 1 saturated heterocycles. The van der Waals surface area contributed by atoms with Crippen molar-refractivity contribution in [2.24, 2.45) is 5.92 Å². The molecule has 1 aromatic carbocycles. The summed E-state index contributed by atoms with van der Waals surface area (Å²) in [5.74, 6) is 0.867. The molecule has 2 heterocycles. The summed E-state index contributed by atoms with van der Waals surface area (Å²) < 4.78 is 0. The van der Waals surface area contributed by atoms with Gasteiger partial charge >= 0.3 is 0 Å². The Balaban J connectivity index is 1.64. The van der Waals surface area contributed by atoms with Gasteiger partial charge in [-0.25, -0.2) is 0 Å². The second kappa shape index (κ2) is 6.58. The Morgan fingerprint density at radius 3 is 2.76 bits per heavy atom. The number of nitrogens with zero attached hydrogens (tertiary/aromatic N) is 1. The van der Waals surface area contributed by atoms with Crippen LogP contribution in [0.2, 0.25) is 0 Å². The third-order valence-corrected chi connectivity index (χ3v) is 4.80. The highest BCUT2D eigenvalue weighted by Gasteiger charge is 2.28. The van der Waals surface area contributed by atoms with E-state index in [1.54, 1.807) is 0 Å². The number of rotatable bonds is 3. The Bertz CT molecular complexity index is 497. The molecule has 114 valence electrons. The fraction of sp³-hybridized carbons (Fsp3) is 0.588. The van der Waals surface area contributed by atoms with Crippen molar-refractivity contribution in [3.05, 3.63) is 29.8 Å². The molecule has 2 N–H and O–H groups in total. The van der Waals surface area contributed by atoms with Gasteiger partial charge < -0.3 is 10.6 Å². The van der Waals surface area contributed by atoms with Gasteiger partial charge in [-0.3, -0.25) is 9.69 Å². The summed E-state index contributed by atoms with van der Waals surface area (Å²) in [5, 5.41) is 6.50. The predicted octanol–water partition coefficient (Wildman–Crippen LogP) is 1.87. The van der Waals surface area contributed by atoms with E-state index in [1.165, 1.54) is 18.4 Å². The molecular weight excluding hydrogens is 262 g/mol. The highest BCUT2D eigenvalue weighted by atomic mass is 16.2. The first-order chi connectivity index (χ1) is 10.2. The van der Waals surface area contributed by atoms with E-state index >= 15 is 0 Å². The van der Waals surface area contributed by atoms with Crippen LogP contribution < -0.4 is 10.6 Å². The quantitative estimate of drug-likeness (QED) is 0.892. The van der Waals surface area contributed by atoms with Gasteiger partial charge in [-0.15, -0.1) is 0 Å². The molecule has 2 aliphatic rings. The van der Waals surface area contributed by atoms with E-state index < -0.39 is 0 Å². The smallest absolute Gasteiger partial charge is 0.241 e. The summed E-state index contributed by atoms with van der Waals surface area (Å²) in [6.45, 7) is 3.25. The average Bonchev–Trinajstić information content (AvgIpc) is 2.66.